The second-order valence-corrected chi connectivity index (χ2v) is 5.44. The number of amides is 3. The van der Waals surface area contributed by atoms with Crippen LogP contribution in [0.2, 0.25) is 0 Å². The summed E-state index contributed by atoms with van der Waals surface area (Å²) in [6, 6.07) is -0.863. The van der Waals surface area contributed by atoms with Crippen molar-refractivity contribution >= 4 is 23.9 Å². The molecule has 0 aliphatic heterocycles. The van der Waals surface area contributed by atoms with E-state index in [0.29, 0.717) is 0 Å². The lowest BCUT2D eigenvalue weighted by Gasteiger charge is -2.20. The van der Waals surface area contributed by atoms with Gasteiger partial charge in [-0.3, -0.25) is 14.4 Å². The minimum atomic E-state index is -0.863. The molecule has 126 valence electrons. The number of hydrogen-bond donors (Lipinski definition) is 3. The Labute approximate surface area is 129 Å². The first-order chi connectivity index (χ1) is 10.0. The second kappa shape index (κ2) is 8.85. The molecule has 0 unspecified atom stereocenters. The highest BCUT2D eigenvalue weighted by Gasteiger charge is 2.19. The summed E-state index contributed by atoms with van der Waals surface area (Å²) < 4.78 is 9.32. The minimum absolute atomic E-state index is 0.286. The highest BCUT2D eigenvalue weighted by molar-refractivity contribution is 5.90. The first kappa shape index (κ1) is 19.7. The number of alkyl carbamates (subject to hydrolysis) is 1. The molecule has 0 saturated carbocycles. The maximum atomic E-state index is 11.6. The van der Waals surface area contributed by atoms with Gasteiger partial charge >= 0.3 is 12.1 Å². The van der Waals surface area contributed by atoms with E-state index in [0.717, 1.165) is 0 Å². The molecule has 0 rings (SSSR count). The number of rotatable bonds is 6. The highest BCUT2D eigenvalue weighted by Crippen LogP contribution is 2.05. The van der Waals surface area contributed by atoms with Crippen molar-refractivity contribution < 1.29 is 28.7 Å². The molecule has 1 atom stereocenters. The minimum Gasteiger partial charge on any atom is -0.468 e. The van der Waals surface area contributed by atoms with E-state index in [-0.39, 0.29) is 13.1 Å². The van der Waals surface area contributed by atoms with E-state index in [9.17, 15) is 19.2 Å². The molecule has 9 heteroatoms. The first-order valence-electron chi connectivity index (χ1n) is 6.66. The van der Waals surface area contributed by atoms with Crippen molar-refractivity contribution in [2.45, 2.75) is 39.3 Å². The molecule has 0 aromatic heterocycles. The van der Waals surface area contributed by atoms with E-state index in [4.69, 9.17) is 4.74 Å². The van der Waals surface area contributed by atoms with Gasteiger partial charge in [-0.2, -0.15) is 0 Å². The molecule has 3 N–H and O–H groups in total. The van der Waals surface area contributed by atoms with Crippen LogP contribution in [0.4, 0.5) is 4.79 Å². The number of esters is 1. The van der Waals surface area contributed by atoms with Crippen LogP contribution in [-0.4, -0.2) is 55.7 Å². The van der Waals surface area contributed by atoms with Crippen molar-refractivity contribution in [3.63, 3.8) is 0 Å². The first-order valence-corrected chi connectivity index (χ1v) is 6.66. The zero-order chi connectivity index (χ0) is 17.3. The summed E-state index contributed by atoms with van der Waals surface area (Å²) in [5, 5.41) is 6.92. The van der Waals surface area contributed by atoms with Crippen molar-refractivity contribution in [2.75, 3.05) is 20.2 Å². The Morgan fingerprint density at radius 2 is 1.64 bits per heavy atom. The topological polar surface area (TPSA) is 123 Å². The SMILES string of the molecule is COC(=O)CNC(=O)[C@H](C)NC(=O)CNC(=O)OC(C)(C)C. The average Bonchev–Trinajstić information content (AvgIpc) is 2.40. The van der Waals surface area contributed by atoms with Crippen molar-refractivity contribution in [3.8, 4) is 0 Å². The normalized spacial score (nSPS) is 11.9. The Bertz CT molecular complexity index is 430. The summed E-state index contributed by atoms with van der Waals surface area (Å²) >= 11 is 0. The van der Waals surface area contributed by atoms with Gasteiger partial charge in [0, 0.05) is 0 Å². The van der Waals surface area contributed by atoms with E-state index in [2.05, 4.69) is 20.7 Å². The maximum Gasteiger partial charge on any atom is 0.408 e. The van der Waals surface area contributed by atoms with Crippen molar-refractivity contribution in [1.82, 2.24) is 16.0 Å². The second-order valence-electron chi connectivity index (χ2n) is 5.44. The summed E-state index contributed by atoms with van der Waals surface area (Å²) in [6.45, 7) is 5.91. The fourth-order valence-electron chi connectivity index (χ4n) is 1.21. The van der Waals surface area contributed by atoms with Gasteiger partial charge in [0.2, 0.25) is 11.8 Å². The summed E-state index contributed by atoms with van der Waals surface area (Å²) in [7, 11) is 1.20. The van der Waals surface area contributed by atoms with E-state index in [1.54, 1.807) is 20.8 Å². The number of carbonyl (C=O) groups is 4. The average molecular weight is 317 g/mol. The Morgan fingerprint density at radius 3 is 2.14 bits per heavy atom. The van der Waals surface area contributed by atoms with Crippen LogP contribution in [0.1, 0.15) is 27.7 Å². The van der Waals surface area contributed by atoms with Crippen LogP contribution in [0.15, 0.2) is 0 Å². The summed E-state index contributed by atoms with van der Waals surface area (Å²) in [4.78, 5) is 45.4. The molecular formula is C13H23N3O6. The fourth-order valence-corrected chi connectivity index (χ4v) is 1.21. The van der Waals surface area contributed by atoms with Gasteiger partial charge in [-0.1, -0.05) is 0 Å². The van der Waals surface area contributed by atoms with Gasteiger partial charge in [-0.25, -0.2) is 4.79 Å². The molecule has 3 amide bonds. The summed E-state index contributed by atoms with van der Waals surface area (Å²) in [5.74, 6) is -1.71. The lowest BCUT2D eigenvalue weighted by atomic mass is 10.2. The summed E-state index contributed by atoms with van der Waals surface area (Å²) in [6.07, 6.45) is -0.731. The maximum absolute atomic E-state index is 11.6. The van der Waals surface area contributed by atoms with Gasteiger partial charge in [-0.05, 0) is 27.7 Å². The van der Waals surface area contributed by atoms with Gasteiger partial charge in [0.25, 0.3) is 0 Å². The molecule has 0 saturated heterocycles. The largest absolute Gasteiger partial charge is 0.468 e. The number of methoxy groups -OCH3 is 1. The Hall–Kier alpha value is -2.32. The van der Waals surface area contributed by atoms with Gasteiger partial charge in [0.05, 0.1) is 7.11 Å². The quantitative estimate of drug-likeness (QED) is 0.557. The van der Waals surface area contributed by atoms with Crippen LogP contribution in [0.25, 0.3) is 0 Å². The highest BCUT2D eigenvalue weighted by atomic mass is 16.6. The monoisotopic (exact) mass is 317 g/mol. The van der Waals surface area contributed by atoms with Crippen LogP contribution in [0.3, 0.4) is 0 Å². The molecule has 0 aliphatic carbocycles. The molecule has 9 nitrogen and oxygen atoms in total. The molecule has 22 heavy (non-hydrogen) atoms. The van der Waals surface area contributed by atoms with Crippen LogP contribution >= 0.6 is 0 Å². The third-order valence-electron chi connectivity index (χ3n) is 2.20. The zero-order valence-corrected chi connectivity index (χ0v) is 13.4. The molecule has 0 aromatic rings. The molecule has 0 aromatic carbocycles. The zero-order valence-electron chi connectivity index (χ0n) is 13.4. The Morgan fingerprint density at radius 1 is 1.05 bits per heavy atom. The van der Waals surface area contributed by atoms with Crippen LogP contribution in [0, 0.1) is 0 Å². The smallest absolute Gasteiger partial charge is 0.408 e. The molecule has 0 aliphatic rings. The Balaban J connectivity index is 4.07. The third-order valence-corrected chi connectivity index (χ3v) is 2.20. The number of ether oxygens (including phenoxy) is 2. The van der Waals surface area contributed by atoms with E-state index < -0.39 is 35.5 Å². The van der Waals surface area contributed by atoms with E-state index in [1.807, 2.05) is 0 Å². The summed E-state index contributed by atoms with van der Waals surface area (Å²) in [5.41, 5.74) is -0.665. The van der Waals surface area contributed by atoms with Crippen LogP contribution < -0.4 is 16.0 Å². The molecule has 0 spiro atoms. The molecule has 0 fully saturated rings. The Kier molecular flexibility index (Phi) is 7.92. The van der Waals surface area contributed by atoms with Crippen molar-refractivity contribution in [3.05, 3.63) is 0 Å². The molecule has 0 heterocycles. The molecule has 0 bridgehead atoms. The lowest BCUT2D eigenvalue weighted by molar-refractivity contribution is -0.141. The molecular weight excluding hydrogens is 294 g/mol. The van der Waals surface area contributed by atoms with Crippen LogP contribution in [-0.2, 0) is 23.9 Å². The molecule has 0 radical (unpaired) electrons. The van der Waals surface area contributed by atoms with Gasteiger partial charge < -0.3 is 25.4 Å². The standard InChI is InChI=1S/C13H23N3O6/c1-8(11(19)14-7-10(18)21-5)16-9(17)6-15-12(20)22-13(2,3)4/h8H,6-7H2,1-5H3,(H,14,19)(H,15,20)(H,16,17)/t8-/m0/s1. The van der Waals surface area contributed by atoms with Crippen molar-refractivity contribution in [2.24, 2.45) is 0 Å². The van der Waals surface area contributed by atoms with Crippen molar-refractivity contribution in [1.29, 1.82) is 0 Å². The van der Waals surface area contributed by atoms with Gasteiger partial charge in [0.15, 0.2) is 0 Å². The lowest BCUT2D eigenvalue weighted by Crippen LogP contribution is -2.49. The van der Waals surface area contributed by atoms with Crippen LogP contribution in [0.5, 0.6) is 0 Å². The predicted molar refractivity (Wildman–Crippen MR) is 76.9 cm³/mol. The number of carbonyl (C=O) groups excluding carboxylic acids is 4. The third kappa shape index (κ3) is 9.56. The van der Waals surface area contributed by atoms with Gasteiger partial charge in [-0.15, -0.1) is 0 Å². The van der Waals surface area contributed by atoms with Gasteiger partial charge in [0.1, 0.15) is 24.7 Å². The number of hydrogen-bond acceptors (Lipinski definition) is 6. The fraction of sp³-hybridized carbons (Fsp3) is 0.692. The van der Waals surface area contributed by atoms with E-state index >= 15 is 0 Å². The number of nitrogens with one attached hydrogen (secondary N) is 3. The van der Waals surface area contributed by atoms with E-state index in [1.165, 1.54) is 14.0 Å². The predicted octanol–water partition coefficient (Wildman–Crippen LogP) is -0.695.